The summed E-state index contributed by atoms with van der Waals surface area (Å²) in [5, 5.41) is 12.9. The molecular formula is C22H23FN6O2. The lowest BCUT2D eigenvalue weighted by Crippen LogP contribution is -2.49. The summed E-state index contributed by atoms with van der Waals surface area (Å²) in [6, 6.07) is 10.8. The number of rotatable bonds is 4. The second-order valence-electron chi connectivity index (χ2n) is 7.52. The number of aromatic nitrogens is 2. The molecule has 3 aromatic rings. The van der Waals surface area contributed by atoms with E-state index in [9.17, 15) is 14.3 Å². The first-order valence-electron chi connectivity index (χ1n) is 9.87. The van der Waals surface area contributed by atoms with Crippen LogP contribution in [-0.2, 0) is 0 Å². The highest BCUT2D eigenvalue weighted by Gasteiger charge is 2.26. The van der Waals surface area contributed by atoms with Crippen LogP contribution in [-0.4, -0.2) is 46.2 Å². The predicted octanol–water partition coefficient (Wildman–Crippen LogP) is 2.02. The second-order valence-corrected chi connectivity index (χ2v) is 7.52. The maximum atomic E-state index is 14.2. The van der Waals surface area contributed by atoms with E-state index >= 15 is 0 Å². The highest BCUT2D eigenvalue weighted by molar-refractivity contribution is 6.07. The van der Waals surface area contributed by atoms with Crippen LogP contribution in [0.1, 0.15) is 16.9 Å². The molecule has 0 saturated carbocycles. The molecule has 9 heteroatoms. The van der Waals surface area contributed by atoms with E-state index in [1.807, 2.05) is 4.90 Å². The van der Waals surface area contributed by atoms with Crippen LogP contribution in [0, 0.1) is 5.82 Å². The van der Waals surface area contributed by atoms with Crippen molar-refractivity contribution in [2.75, 3.05) is 29.0 Å². The van der Waals surface area contributed by atoms with Crippen LogP contribution in [0.2, 0.25) is 0 Å². The Morgan fingerprint density at radius 2 is 2.00 bits per heavy atom. The van der Waals surface area contributed by atoms with Gasteiger partial charge >= 0.3 is 0 Å². The highest BCUT2D eigenvalue weighted by atomic mass is 19.1. The largest absolute Gasteiger partial charge is 0.397 e. The number of benzene rings is 1. The van der Waals surface area contributed by atoms with Gasteiger partial charge in [0.2, 0.25) is 0 Å². The Balaban J connectivity index is 1.63. The molecule has 6 N–H and O–H groups in total. The van der Waals surface area contributed by atoms with E-state index in [-0.39, 0.29) is 23.0 Å². The molecular weight excluding hydrogens is 399 g/mol. The molecule has 0 unspecified atom stereocenters. The van der Waals surface area contributed by atoms with Crippen molar-refractivity contribution in [3.05, 3.63) is 66.4 Å². The third-order valence-electron chi connectivity index (χ3n) is 5.14. The Kier molecular flexibility index (Phi) is 5.79. The van der Waals surface area contributed by atoms with Crippen LogP contribution < -0.4 is 21.7 Å². The number of hydrogen-bond donors (Lipinski definition) is 4. The molecule has 1 amide bonds. The summed E-state index contributed by atoms with van der Waals surface area (Å²) in [4.78, 5) is 23.3. The fourth-order valence-electron chi connectivity index (χ4n) is 3.72. The van der Waals surface area contributed by atoms with Crippen molar-refractivity contribution in [3.8, 4) is 11.3 Å². The molecule has 0 spiro atoms. The van der Waals surface area contributed by atoms with Crippen LogP contribution in [0.5, 0.6) is 0 Å². The third-order valence-corrected chi connectivity index (χ3v) is 5.14. The summed E-state index contributed by atoms with van der Waals surface area (Å²) >= 11 is 0. The maximum absolute atomic E-state index is 14.2. The zero-order valence-corrected chi connectivity index (χ0v) is 16.7. The van der Waals surface area contributed by atoms with Gasteiger partial charge in [-0.2, -0.15) is 0 Å². The van der Waals surface area contributed by atoms with E-state index in [2.05, 4.69) is 15.3 Å². The molecule has 2 aromatic heterocycles. The number of aliphatic hydroxyl groups is 1. The smallest absolute Gasteiger partial charge is 0.276 e. The van der Waals surface area contributed by atoms with Gasteiger partial charge in [0, 0.05) is 30.9 Å². The lowest BCUT2D eigenvalue weighted by atomic mass is 10.0. The Morgan fingerprint density at radius 3 is 2.77 bits per heavy atom. The average Bonchev–Trinajstić information content (AvgIpc) is 2.74. The minimum Gasteiger partial charge on any atom is -0.397 e. The van der Waals surface area contributed by atoms with Crippen molar-refractivity contribution in [3.63, 3.8) is 0 Å². The van der Waals surface area contributed by atoms with Gasteiger partial charge in [0.25, 0.3) is 5.91 Å². The van der Waals surface area contributed by atoms with E-state index < -0.39 is 17.8 Å². The molecule has 1 saturated heterocycles. The van der Waals surface area contributed by atoms with Crippen molar-refractivity contribution in [2.45, 2.75) is 18.6 Å². The Morgan fingerprint density at radius 1 is 1.19 bits per heavy atom. The van der Waals surface area contributed by atoms with Crippen LogP contribution >= 0.6 is 0 Å². The summed E-state index contributed by atoms with van der Waals surface area (Å²) < 4.78 is 14.2. The van der Waals surface area contributed by atoms with Gasteiger partial charge in [-0.1, -0.05) is 12.1 Å². The van der Waals surface area contributed by atoms with Gasteiger partial charge in [-0.15, -0.1) is 0 Å². The quantitative estimate of drug-likeness (QED) is 0.506. The van der Waals surface area contributed by atoms with Gasteiger partial charge in [-0.3, -0.25) is 9.78 Å². The van der Waals surface area contributed by atoms with Gasteiger partial charge < -0.3 is 26.8 Å². The van der Waals surface area contributed by atoms with Gasteiger partial charge in [0.05, 0.1) is 35.1 Å². The first-order valence-corrected chi connectivity index (χ1v) is 9.87. The van der Waals surface area contributed by atoms with E-state index in [1.165, 1.54) is 18.3 Å². The topological polar surface area (TPSA) is 130 Å². The van der Waals surface area contributed by atoms with Crippen LogP contribution in [0.15, 0.2) is 54.9 Å². The number of halogens is 1. The fourth-order valence-corrected chi connectivity index (χ4v) is 3.72. The van der Waals surface area contributed by atoms with Crippen LogP contribution in [0.3, 0.4) is 0 Å². The number of carbonyl (C=O) groups excluding carboxylic acids is 1. The Bertz CT molecular complexity index is 1100. The molecule has 4 rings (SSSR count). The summed E-state index contributed by atoms with van der Waals surface area (Å²) in [5.41, 5.74) is 13.9. The first-order chi connectivity index (χ1) is 14.9. The number of hydrogen-bond acceptors (Lipinski definition) is 7. The Labute approximate surface area is 178 Å². The van der Waals surface area contributed by atoms with E-state index in [4.69, 9.17) is 11.5 Å². The molecule has 3 heterocycles. The van der Waals surface area contributed by atoms with E-state index in [0.717, 1.165) is 0 Å². The van der Waals surface area contributed by atoms with Crippen molar-refractivity contribution in [1.82, 2.24) is 9.97 Å². The number of nitrogen functional groups attached to an aromatic ring is 1. The monoisotopic (exact) mass is 422 g/mol. The predicted molar refractivity (Wildman–Crippen MR) is 117 cm³/mol. The van der Waals surface area contributed by atoms with E-state index in [1.54, 1.807) is 36.5 Å². The number of aliphatic hydroxyl groups excluding tert-OH is 1. The normalized spacial score (nSPS) is 18.6. The summed E-state index contributed by atoms with van der Waals surface area (Å²) in [7, 11) is 0. The van der Waals surface area contributed by atoms with Crippen LogP contribution in [0.4, 0.5) is 21.5 Å². The van der Waals surface area contributed by atoms with E-state index in [0.29, 0.717) is 36.6 Å². The number of β-amino-alcohol motifs (C(OH)–C–C–N with tert-alkyl or cyclic N) is 1. The lowest BCUT2D eigenvalue weighted by molar-refractivity contribution is 0.102. The first kappa shape index (κ1) is 20.7. The standard InChI is InChI=1S/C22H23FN6O2/c23-16-4-2-1-3-15(16)18-6-5-17(25)21(27-18)22(31)28-19-10-26-8-7-20(19)29-11-13(24)9-14(30)12-29/h1-8,10,13-14,30H,9,11-12,24-25H2,(H,28,31)/t13-,14+/m0/s1. The second kappa shape index (κ2) is 8.66. The number of pyridine rings is 2. The molecule has 1 aliphatic rings. The van der Waals surface area contributed by atoms with Crippen molar-refractivity contribution >= 4 is 23.0 Å². The number of nitrogens with two attached hydrogens (primary N) is 2. The van der Waals surface area contributed by atoms with Crippen molar-refractivity contribution in [2.24, 2.45) is 5.73 Å². The number of carbonyl (C=O) groups is 1. The molecule has 31 heavy (non-hydrogen) atoms. The minimum absolute atomic E-state index is 0.0223. The SMILES string of the molecule is Nc1ccc(-c2ccccc2F)nc1C(=O)Nc1cnccc1N1C[C@@H](N)C[C@@H](O)C1. The molecule has 8 nitrogen and oxygen atoms in total. The number of anilines is 3. The third kappa shape index (κ3) is 4.47. The molecule has 0 radical (unpaired) electrons. The Hall–Kier alpha value is -3.56. The van der Waals surface area contributed by atoms with Gasteiger partial charge in [0.1, 0.15) is 5.82 Å². The average molecular weight is 422 g/mol. The van der Waals surface area contributed by atoms with Gasteiger partial charge in [0.15, 0.2) is 5.69 Å². The zero-order chi connectivity index (χ0) is 22.0. The van der Waals surface area contributed by atoms with Gasteiger partial charge in [-0.25, -0.2) is 9.37 Å². The maximum Gasteiger partial charge on any atom is 0.276 e. The number of nitrogens with zero attached hydrogens (tertiary/aromatic N) is 3. The highest BCUT2D eigenvalue weighted by Crippen LogP contribution is 2.29. The number of nitrogens with one attached hydrogen (secondary N) is 1. The fraction of sp³-hybridized carbons (Fsp3) is 0.227. The summed E-state index contributed by atoms with van der Waals surface area (Å²) in [6.45, 7) is 0.927. The molecule has 1 aliphatic heterocycles. The molecule has 1 fully saturated rings. The molecule has 2 atom stereocenters. The minimum atomic E-state index is -0.560. The zero-order valence-electron chi connectivity index (χ0n) is 16.7. The molecule has 1 aromatic carbocycles. The summed E-state index contributed by atoms with van der Waals surface area (Å²) in [5.74, 6) is -0.993. The van der Waals surface area contributed by atoms with Crippen molar-refractivity contribution in [1.29, 1.82) is 0 Å². The molecule has 0 aliphatic carbocycles. The summed E-state index contributed by atoms with van der Waals surface area (Å²) in [6.07, 6.45) is 3.07. The van der Waals surface area contributed by atoms with Crippen LogP contribution in [0.25, 0.3) is 11.3 Å². The number of amides is 1. The number of piperidine rings is 1. The molecule has 160 valence electrons. The van der Waals surface area contributed by atoms with Crippen molar-refractivity contribution < 1.29 is 14.3 Å². The lowest BCUT2D eigenvalue weighted by Gasteiger charge is -2.36. The molecule has 0 bridgehead atoms. The van der Waals surface area contributed by atoms with Gasteiger partial charge in [-0.05, 0) is 36.8 Å².